The third kappa shape index (κ3) is 5.86. The highest BCUT2D eigenvalue weighted by Gasteiger charge is 2.19. The molecule has 0 spiro atoms. The molecule has 0 unspecified atom stereocenters. The molecule has 0 saturated heterocycles. The maximum atomic E-state index is 3.59. The second-order valence-corrected chi connectivity index (χ2v) is 5.16. The third-order valence-electron chi connectivity index (χ3n) is 3.78. The van der Waals surface area contributed by atoms with Crippen LogP contribution in [0.15, 0.2) is 0 Å². The SMILES string of the molecule is CCC(CC)CN(CC)CCCNC1CC1. The molecular weight excluding hydrogens is 196 g/mol. The molecule has 0 radical (unpaired) electrons. The Balaban J connectivity index is 2.04. The average molecular weight is 226 g/mol. The van der Waals surface area contributed by atoms with Crippen LogP contribution >= 0.6 is 0 Å². The van der Waals surface area contributed by atoms with Crippen molar-refractivity contribution in [2.24, 2.45) is 5.92 Å². The zero-order chi connectivity index (χ0) is 11.8. The summed E-state index contributed by atoms with van der Waals surface area (Å²) in [6.45, 7) is 11.9. The molecule has 1 aliphatic rings. The number of hydrogen-bond acceptors (Lipinski definition) is 2. The number of nitrogens with zero attached hydrogens (tertiary/aromatic N) is 1. The van der Waals surface area contributed by atoms with Crippen molar-refractivity contribution in [1.29, 1.82) is 0 Å². The molecule has 0 bridgehead atoms. The van der Waals surface area contributed by atoms with E-state index in [1.807, 2.05) is 0 Å². The summed E-state index contributed by atoms with van der Waals surface area (Å²) in [5.74, 6) is 0.899. The molecule has 1 aliphatic carbocycles. The van der Waals surface area contributed by atoms with E-state index in [2.05, 4.69) is 31.0 Å². The molecule has 16 heavy (non-hydrogen) atoms. The molecule has 0 atom stereocenters. The summed E-state index contributed by atoms with van der Waals surface area (Å²) in [6.07, 6.45) is 6.78. The van der Waals surface area contributed by atoms with E-state index < -0.39 is 0 Å². The highest BCUT2D eigenvalue weighted by atomic mass is 15.1. The number of rotatable bonds is 10. The summed E-state index contributed by atoms with van der Waals surface area (Å²) in [5, 5.41) is 3.59. The summed E-state index contributed by atoms with van der Waals surface area (Å²) in [4.78, 5) is 2.62. The van der Waals surface area contributed by atoms with Crippen LogP contribution in [0.1, 0.15) is 52.9 Å². The lowest BCUT2D eigenvalue weighted by Gasteiger charge is -2.25. The second kappa shape index (κ2) is 8.08. The van der Waals surface area contributed by atoms with E-state index >= 15 is 0 Å². The molecular formula is C14H30N2. The first-order chi connectivity index (χ1) is 7.80. The molecule has 0 aliphatic heterocycles. The Kier molecular flexibility index (Phi) is 7.06. The van der Waals surface area contributed by atoms with E-state index in [1.54, 1.807) is 0 Å². The van der Waals surface area contributed by atoms with E-state index in [0.717, 1.165) is 12.0 Å². The molecule has 96 valence electrons. The Labute approximate surface area is 102 Å². The first kappa shape index (κ1) is 14.0. The van der Waals surface area contributed by atoms with Crippen molar-refractivity contribution in [3.63, 3.8) is 0 Å². The zero-order valence-electron chi connectivity index (χ0n) is 11.5. The van der Waals surface area contributed by atoms with Crippen molar-refractivity contribution in [3.8, 4) is 0 Å². The molecule has 1 fully saturated rings. The quantitative estimate of drug-likeness (QED) is 0.576. The van der Waals surface area contributed by atoms with Gasteiger partial charge < -0.3 is 10.2 Å². The van der Waals surface area contributed by atoms with Gasteiger partial charge in [-0.05, 0) is 44.8 Å². The highest BCUT2D eigenvalue weighted by molar-refractivity contribution is 4.80. The van der Waals surface area contributed by atoms with Crippen molar-refractivity contribution in [1.82, 2.24) is 10.2 Å². The van der Waals surface area contributed by atoms with Crippen LogP contribution in [-0.2, 0) is 0 Å². The summed E-state index contributed by atoms with van der Waals surface area (Å²) >= 11 is 0. The van der Waals surface area contributed by atoms with Crippen molar-refractivity contribution in [2.45, 2.75) is 58.9 Å². The molecule has 0 amide bonds. The van der Waals surface area contributed by atoms with Gasteiger partial charge in [0.05, 0.1) is 0 Å². The molecule has 1 saturated carbocycles. The highest BCUT2D eigenvalue weighted by Crippen LogP contribution is 2.18. The largest absolute Gasteiger partial charge is 0.314 e. The Morgan fingerprint density at radius 3 is 2.38 bits per heavy atom. The predicted octanol–water partition coefficient (Wildman–Crippen LogP) is 2.89. The van der Waals surface area contributed by atoms with Crippen LogP contribution in [0.3, 0.4) is 0 Å². The number of nitrogens with one attached hydrogen (secondary N) is 1. The van der Waals surface area contributed by atoms with Crippen LogP contribution < -0.4 is 5.32 Å². The molecule has 2 heteroatoms. The fourth-order valence-corrected chi connectivity index (χ4v) is 2.19. The van der Waals surface area contributed by atoms with E-state index in [-0.39, 0.29) is 0 Å². The lowest BCUT2D eigenvalue weighted by atomic mass is 10.0. The maximum absolute atomic E-state index is 3.59. The predicted molar refractivity (Wildman–Crippen MR) is 71.8 cm³/mol. The molecule has 2 nitrogen and oxygen atoms in total. The van der Waals surface area contributed by atoms with Crippen molar-refractivity contribution >= 4 is 0 Å². The van der Waals surface area contributed by atoms with Gasteiger partial charge in [0.15, 0.2) is 0 Å². The summed E-state index contributed by atoms with van der Waals surface area (Å²) in [6, 6.07) is 0.870. The van der Waals surface area contributed by atoms with E-state index in [0.29, 0.717) is 0 Å². The fraction of sp³-hybridized carbons (Fsp3) is 1.00. The zero-order valence-corrected chi connectivity index (χ0v) is 11.5. The normalized spacial score (nSPS) is 16.3. The standard InChI is InChI=1S/C14H30N2/c1-4-13(5-2)12-16(6-3)11-7-10-15-14-8-9-14/h13-15H,4-12H2,1-3H3. The molecule has 0 aromatic carbocycles. The van der Waals surface area contributed by atoms with Gasteiger partial charge >= 0.3 is 0 Å². The monoisotopic (exact) mass is 226 g/mol. The second-order valence-electron chi connectivity index (χ2n) is 5.16. The van der Waals surface area contributed by atoms with Gasteiger partial charge in [0, 0.05) is 12.6 Å². The molecule has 0 heterocycles. The molecule has 0 aromatic heterocycles. The smallest absolute Gasteiger partial charge is 0.00682 e. The van der Waals surface area contributed by atoms with Gasteiger partial charge in [-0.25, -0.2) is 0 Å². The summed E-state index contributed by atoms with van der Waals surface area (Å²) in [5.41, 5.74) is 0. The van der Waals surface area contributed by atoms with Crippen LogP contribution in [0.2, 0.25) is 0 Å². The minimum Gasteiger partial charge on any atom is -0.314 e. The van der Waals surface area contributed by atoms with Crippen molar-refractivity contribution < 1.29 is 0 Å². The fourth-order valence-electron chi connectivity index (χ4n) is 2.19. The first-order valence-electron chi connectivity index (χ1n) is 7.25. The van der Waals surface area contributed by atoms with Gasteiger partial charge in [0.2, 0.25) is 0 Å². The van der Waals surface area contributed by atoms with Gasteiger partial charge in [-0.15, -0.1) is 0 Å². The molecule has 0 aromatic rings. The minimum absolute atomic E-state index is 0.870. The Hall–Kier alpha value is -0.0800. The molecule has 1 N–H and O–H groups in total. The first-order valence-corrected chi connectivity index (χ1v) is 7.25. The van der Waals surface area contributed by atoms with Crippen LogP contribution in [0, 0.1) is 5.92 Å². The summed E-state index contributed by atoms with van der Waals surface area (Å²) < 4.78 is 0. The van der Waals surface area contributed by atoms with Gasteiger partial charge in [-0.3, -0.25) is 0 Å². The van der Waals surface area contributed by atoms with E-state index in [1.165, 1.54) is 58.3 Å². The Bertz CT molecular complexity index is 162. The number of hydrogen-bond donors (Lipinski definition) is 1. The van der Waals surface area contributed by atoms with Crippen LogP contribution in [0.25, 0.3) is 0 Å². The van der Waals surface area contributed by atoms with Crippen molar-refractivity contribution in [3.05, 3.63) is 0 Å². The lowest BCUT2D eigenvalue weighted by molar-refractivity contribution is 0.230. The van der Waals surface area contributed by atoms with E-state index in [9.17, 15) is 0 Å². The van der Waals surface area contributed by atoms with Crippen molar-refractivity contribution in [2.75, 3.05) is 26.2 Å². The van der Waals surface area contributed by atoms with Crippen LogP contribution in [-0.4, -0.2) is 37.1 Å². The minimum atomic E-state index is 0.870. The third-order valence-corrected chi connectivity index (χ3v) is 3.78. The topological polar surface area (TPSA) is 15.3 Å². The van der Waals surface area contributed by atoms with Gasteiger partial charge in [0.1, 0.15) is 0 Å². The summed E-state index contributed by atoms with van der Waals surface area (Å²) in [7, 11) is 0. The van der Waals surface area contributed by atoms with Gasteiger partial charge in [0.25, 0.3) is 0 Å². The van der Waals surface area contributed by atoms with Crippen LogP contribution in [0.4, 0.5) is 0 Å². The Morgan fingerprint density at radius 1 is 1.19 bits per heavy atom. The average Bonchev–Trinajstić information content (AvgIpc) is 3.12. The van der Waals surface area contributed by atoms with E-state index in [4.69, 9.17) is 0 Å². The maximum Gasteiger partial charge on any atom is 0.00682 e. The van der Waals surface area contributed by atoms with Gasteiger partial charge in [-0.1, -0.05) is 33.6 Å². The van der Waals surface area contributed by atoms with Gasteiger partial charge in [-0.2, -0.15) is 0 Å². The Morgan fingerprint density at radius 2 is 1.88 bits per heavy atom. The molecule has 1 rings (SSSR count). The lowest BCUT2D eigenvalue weighted by Crippen LogP contribution is -2.32. The van der Waals surface area contributed by atoms with Crippen LogP contribution in [0.5, 0.6) is 0 Å².